The molecule has 168 valence electrons. The number of benzene rings is 2. The second kappa shape index (κ2) is 9.92. The summed E-state index contributed by atoms with van der Waals surface area (Å²) in [6, 6.07) is 14.2. The second-order valence-corrected chi connectivity index (χ2v) is 10.3. The van der Waals surface area contributed by atoms with Crippen LogP contribution in [0, 0.1) is 5.92 Å². The number of piperidine rings is 1. The molecule has 1 atom stereocenters. The van der Waals surface area contributed by atoms with E-state index in [1.54, 1.807) is 24.0 Å². The Bertz CT molecular complexity index is 1010. The Hall–Kier alpha value is -2.25. The Morgan fingerprint density at radius 2 is 1.84 bits per heavy atom. The van der Waals surface area contributed by atoms with Gasteiger partial charge in [0.25, 0.3) is 0 Å². The Morgan fingerprint density at radius 1 is 1.19 bits per heavy atom. The molecule has 1 fully saturated rings. The van der Waals surface area contributed by atoms with Gasteiger partial charge >= 0.3 is 0 Å². The predicted octanol–water partition coefficient (Wildman–Crippen LogP) is 3.98. The van der Waals surface area contributed by atoms with Crippen LogP contribution in [0.25, 0.3) is 0 Å². The average molecular weight is 465 g/mol. The largest absolute Gasteiger partial charge is 0.495 e. The van der Waals surface area contributed by atoms with Crippen molar-refractivity contribution in [2.75, 3.05) is 30.8 Å². The zero-order valence-corrected chi connectivity index (χ0v) is 19.7. The van der Waals surface area contributed by atoms with Crippen LogP contribution >= 0.6 is 11.6 Å². The molecule has 0 N–H and O–H groups in total. The fraction of sp³-hybridized carbons (Fsp3) is 0.435. The Labute approximate surface area is 189 Å². The number of amides is 1. The molecule has 0 aromatic heterocycles. The van der Waals surface area contributed by atoms with E-state index < -0.39 is 16.1 Å². The topological polar surface area (TPSA) is 66.9 Å². The molecule has 0 radical (unpaired) electrons. The molecule has 8 heteroatoms. The standard InChI is InChI=1S/C23H29ClN2O4S/c1-17(26(31(3,28)29)20-9-10-22(30-2)21(24)16-20)23(27)25-13-11-19(12-14-25)15-18-7-5-4-6-8-18/h4-10,16-17,19H,11-15H2,1-3H3/t17-/m0/s1. The van der Waals surface area contributed by atoms with Gasteiger partial charge in [-0.05, 0) is 55.9 Å². The summed E-state index contributed by atoms with van der Waals surface area (Å²) in [6.07, 6.45) is 3.90. The molecule has 0 aliphatic carbocycles. The summed E-state index contributed by atoms with van der Waals surface area (Å²) in [6.45, 7) is 2.88. The third-order valence-corrected chi connectivity index (χ3v) is 7.29. The van der Waals surface area contributed by atoms with Crippen LogP contribution in [0.5, 0.6) is 5.75 Å². The Kier molecular flexibility index (Phi) is 7.49. The highest BCUT2D eigenvalue weighted by Crippen LogP contribution is 2.32. The summed E-state index contributed by atoms with van der Waals surface area (Å²) in [4.78, 5) is 15.0. The highest BCUT2D eigenvalue weighted by molar-refractivity contribution is 7.92. The van der Waals surface area contributed by atoms with Crippen molar-refractivity contribution in [2.24, 2.45) is 5.92 Å². The van der Waals surface area contributed by atoms with Crippen LogP contribution in [0.3, 0.4) is 0 Å². The van der Waals surface area contributed by atoms with Gasteiger partial charge in [-0.1, -0.05) is 41.9 Å². The monoisotopic (exact) mass is 464 g/mol. The number of hydrogen-bond donors (Lipinski definition) is 0. The second-order valence-electron chi connectivity index (χ2n) is 8.01. The number of hydrogen-bond acceptors (Lipinski definition) is 4. The molecule has 0 unspecified atom stereocenters. The molecule has 6 nitrogen and oxygen atoms in total. The SMILES string of the molecule is COc1ccc(N([C@@H](C)C(=O)N2CCC(Cc3ccccc3)CC2)S(C)(=O)=O)cc1Cl. The van der Waals surface area contributed by atoms with E-state index in [0.717, 1.165) is 29.8 Å². The van der Waals surface area contributed by atoms with Crippen LogP contribution in [-0.2, 0) is 21.2 Å². The predicted molar refractivity (Wildman–Crippen MR) is 124 cm³/mol. The quantitative estimate of drug-likeness (QED) is 0.621. The van der Waals surface area contributed by atoms with Crippen molar-refractivity contribution in [2.45, 2.75) is 32.2 Å². The van der Waals surface area contributed by atoms with Crippen molar-refractivity contribution in [1.82, 2.24) is 4.90 Å². The van der Waals surface area contributed by atoms with Gasteiger partial charge in [0.05, 0.1) is 24.1 Å². The number of ether oxygens (including phenoxy) is 1. The van der Waals surface area contributed by atoms with E-state index in [0.29, 0.717) is 30.4 Å². The number of rotatable bonds is 7. The summed E-state index contributed by atoms with van der Waals surface area (Å²) >= 11 is 6.20. The maximum absolute atomic E-state index is 13.2. The molecule has 1 aliphatic rings. The molecule has 1 saturated heterocycles. The normalized spacial score (nSPS) is 16.1. The first-order chi connectivity index (χ1) is 14.7. The minimum atomic E-state index is -3.70. The van der Waals surface area contributed by atoms with Gasteiger partial charge in [0, 0.05) is 13.1 Å². The summed E-state index contributed by atoms with van der Waals surface area (Å²) in [7, 11) is -2.21. The molecule has 0 saturated carbocycles. The minimum absolute atomic E-state index is 0.199. The molecule has 1 aliphatic heterocycles. The molecule has 2 aromatic carbocycles. The first kappa shape index (κ1) is 23.4. The third kappa shape index (κ3) is 5.71. The van der Waals surface area contributed by atoms with Crippen molar-refractivity contribution in [3.8, 4) is 5.75 Å². The third-order valence-electron chi connectivity index (χ3n) is 5.75. The van der Waals surface area contributed by atoms with Crippen molar-refractivity contribution >= 4 is 33.2 Å². The Balaban J connectivity index is 1.70. The van der Waals surface area contributed by atoms with E-state index in [9.17, 15) is 13.2 Å². The van der Waals surface area contributed by atoms with Crippen LogP contribution in [0.1, 0.15) is 25.3 Å². The summed E-state index contributed by atoms with van der Waals surface area (Å²) in [5, 5.41) is 0.287. The Morgan fingerprint density at radius 3 is 2.39 bits per heavy atom. The minimum Gasteiger partial charge on any atom is -0.495 e. The maximum atomic E-state index is 13.2. The fourth-order valence-corrected chi connectivity index (χ4v) is 5.58. The highest BCUT2D eigenvalue weighted by atomic mass is 35.5. The molecule has 1 heterocycles. The number of halogens is 1. The number of likely N-dealkylation sites (tertiary alicyclic amines) is 1. The van der Waals surface area contributed by atoms with Crippen molar-refractivity contribution in [1.29, 1.82) is 0 Å². The molecule has 31 heavy (non-hydrogen) atoms. The van der Waals surface area contributed by atoms with Crippen molar-refractivity contribution in [3.63, 3.8) is 0 Å². The van der Waals surface area contributed by atoms with E-state index in [4.69, 9.17) is 16.3 Å². The van der Waals surface area contributed by atoms with Gasteiger partial charge in [-0.15, -0.1) is 0 Å². The van der Waals surface area contributed by atoms with Crippen LogP contribution in [0.4, 0.5) is 5.69 Å². The van der Waals surface area contributed by atoms with Gasteiger partial charge in [0.2, 0.25) is 15.9 Å². The molecular weight excluding hydrogens is 436 g/mol. The van der Waals surface area contributed by atoms with Gasteiger partial charge in [-0.3, -0.25) is 9.10 Å². The highest BCUT2D eigenvalue weighted by Gasteiger charge is 2.34. The zero-order chi connectivity index (χ0) is 22.6. The van der Waals surface area contributed by atoms with E-state index >= 15 is 0 Å². The molecular formula is C23H29ClN2O4S. The van der Waals surface area contributed by atoms with Gasteiger partial charge in [0.15, 0.2) is 0 Å². The zero-order valence-electron chi connectivity index (χ0n) is 18.1. The van der Waals surface area contributed by atoms with E-state index in [1.807, 2.05) is 18.2 Å². The first-order valence-corrected chi connectivity index (χ1v) is 12.6. The van der Waals surface area contributed by atoms with Crippen LogP contribution in [0.15, 0.2) is 48.5 Å². The number of methoxy groups -OCH3 is 1. The van der Waals surface area contributed by atoms with Crippen molar-refractivity contribution < 1.29 is 17.9 Å². The van der Waals surface area contributed by atoms with Gasteiger partial charge in [0.1, 0.15) is 11.8 Å². The van der Waals surface area contributed by atoms with Gasteiger partial charge in [-0.2, -0.15) is 0 Å². The van der Waals surface area contributed by atoms with Crippen LogP contribution in [-0.4, -0.2) is 51.7 Å². The lowest BCUT2D eigenvalue weighted by atomic mass is 9.90. The molecule has 2 aromatic rings. The van der Waals surface area contributed by atoms with Gasteiger partial charge < -0.3 is 9.64 Å². The van der Waals surface area contributed by atoms with E-state index in [2.05, 4.69) is 12.1 Å². The number of carbonyl (C=O) groups excluding carboxylic acids is 1. The van der Waals surface area contributed by atoms with E-state index in [-0.39, 0.29) is 10.9 Å². The molecule has 0 spiro atoms. The maximum Gasteiger partial charge on any atom is 0.246 e. The van der Waals surface area contributed by atoms with Crippen molar-refractivity contribution in [3.05, 3.63) is 59.1 Å². The summed E-state index contributed by atoms with van der Waals surface area (Å²) in [5.41, 5.74) is 1.65. The lowest BCUT2D eigenvalue weighted by Crippen LogP contribution is -2.51. The smallest absolute Gasteiger partial charge is 0.246 e. The number of nitrogens with zero attached hydrogens (tertiary/aromatic N) is 2. The number of carbonyl (C=O) groups is 1. The van der Waals surface area contributed by atoms with Crippen LogP contribution < -0.4 is 9.04 Å². The molecule has 3 rings (SSSR count). The van der Waals surface area contributed by atoms with Crippen LogP contribution in [0.2, 0.25) is 5.02 Å². The van der Waals surface area contributed by atoms with E-state index in [1.165, 1.54) is 18.7 Å². The summed E-state index contributed by atoms with van der Waals surface area (Å²) in [5.74, 6) is 0.766. The lowest BCUT2D eigenvalue weighted by molar-refractivity contribution is -0.133. The lowest BCUT2D eigenvalue weighted by Gasteiger charge is -2.36. The average Bonchev–Trinajstić information content (AvgIpc) is 2.74. The fourth-order valence-electron chi connectivity index (χ4n) is 4.16. The first-order valence-electron chi connectivity index (χ1n) is 10.4. The summed E-state index contributed by atoms with van der Waals surface area (Å²) < 4.78 is 31.4. The number of sulfonamides is 1. The van der Waals surface area contributed by atoms with Gasteiger partial charge in [-0.25, -0.2) is 8.42 Å². The number of anilines is 1. The molecule has 0 bridgehead atoms. The molecule has 1 amide bonds.